The standard InChI is InChI=1S/C24H51NO/c1-3-5-7-9-11-13-14-16-18-20-22-24(26,23-25)21-19-17-15-12-10-8-6-4-2/h26H,3-23,25H2,1-2H3. The maximum absolute atomic E-state index is 10.7. The van der Waals surface area contributed by atoms with Crippen molar-refractivity contribution in [1.29, 1.82) is 0 Å². The molecule has 0 heterocycles. The van der Waals surface area contributed by atoms with Crippen LogP contribution >= 0.6 is 0 Å². The summed E-state index contributed by atoms with van der Waals surface area (Å²) in [5.74, 6) is 0. The smallest absolute Gasteiger partial charge is 0.0769 e. The van der Waals surface area contributed by atoms with Crippen molar-refractivity contribution in [3.8, 4) is 0 Å². The van der Waals surface area contributed by atoms with Gasteiger partial charge in [0, 0.05) is 6.54 Å². The van der Waals surface area contributed by atoms with E-state index in [0.717, 1.165) is 25.7 Å². The van der Waals surface area contributed by atoms with Gasteiger partial charge < -0.3 is 10.8 Å². The fourth-order valence-corrected chi connectivity index (χ4v) is 3.86. The average Bonchev–Trinajstić information content (AvgIpc) is 2.65. The number of hydrogen-bond acceptors (Lipinski definition) is 2. The third kappa shape index (κ3) is 17.3. The lowest BCUT2D eigenvalue weighted by molar-refractivity contribution is 0.0264. The molecule has 2 nitrogen and oxygen atoms in total. The Hall–Kier alpha value is -0.0800. The van der Waals surface area contributed by atoms with Crippen LogP contribution in [0, 0.1) is 0 Å². The molecule has 0 aromatic carbocycles. The molecule has 0 spiro atoms. The molecule has 26 heavy (non-hydrogen) atoms. The normalized spacial score (nSPS) is 13.8. The second kappa shape index (κ2) is 19.7. The van der Waals surface area contributed by atoms with Crippen molar-refractivity contribution in [2.45, 2.75) is 148 Å². The van der Waals surface area contributed by atoms with Gasteiger partial charge in [0.15, 0.2) is 0 Å². The molecule has 0 amide bonds. The fraction of sp³-hybridized carbons (Fsp3) is 1.00. The predicted octanol–water partition coefficient (Wildman–Crippen LogP) is 7.52. The summed E-state index contributed by atoms with van der Waals surface area (Å²) in [7, 11) is 0. The van der Waals surface area contributed by atoms with Gasteiger partial charge in [0.2, 0.25) is 0 Å². The van der Waals surface area contributed by atoms with Crippen LogP contribution in [0.3, 0.4) is 0 Å². The molecular formula is C24H51NO. The molecule has 0 radical (unpaired) electrons. The van der Waals surface area contributed by atoms with Gasteiger partial charge in [-0.1, -0.05) is 129 Å². The number of unbranched alkanes of at least 4 members (excludes halogenated alkanes) is 16. The second-order valence-corrected chi connectivity index (χ2v) is 8.59. The molecule has 0 aromatic rings. The third-order valence-corrected chi connectivity index (χ3v) is 5.87. The van der Waals surface area contributed by atoms with Crippen LogP contribution in [-0.2, 0) is 0 Å². The molecule has 0 fully saturated rings. The lowest BCUT2D eigenvalue weighted by Crippen LogP contribution is -2.37. The molecule has 0 aliphatic carbocycles. The molecule has 1 unspecified atom stereocenters. The Morgan fingerprint density at radius 2 is 0.769 bits per heavy atom. The van der Waals surface area contributed by atoms with Crippen molar-refractivity contribution < 1.29 is 5.11 Å². The summed E-state index contributed by atoms with van der Waals surface area (Å²) in [6.45, 7) is 4.97. The SMILES string of the molecule is CCCCCCCCCCCCC(O)(CN)CCCCCCCCCC. The predicted molar refractivity (Wildman–Crippen MR) is 118 cm³/mol. The maximum Gasteiger partial charge on any atom is 0.0769 e. The molecule has 0 saturated carbocycles. The minimum absolute atomic E-state index is 0.431. The molecule has 0 saturated heterocycles. The number of hydrogen-bond donors (Lipinski definition) is 2. The first-order valence-electron chi connectivity index (χ1n) is 12.1. The van der Waals surface area contributed by atoms with Crippen molar-refractivity contribution in [2.75, 3.05) is 6.54 Å². The summed E-state index contributed by atoms with van der Waals surface area (Å²) in [6, 6.07) is 0. The lowest BCUT2D eigenvalue weighted by Gasteiger charge is -2.26. The summed E-state index contributed by atoms with van der Waals surface area (Å²) in [4.78, 5) is 0. The van der Waals surface area contributed by atoms with Gasteiger partial charge in [0.25, 0.3) is 0 Å². The molecular weight excluding hydrogens is 318 g/mol. The van der Waals surface area contributed by atoms with Gasteiger partial charge >= 0.3 is 0 Å². The molecule has 158 valence electrons. The monoisotopic (exact) mass is 369 g/mol. The van der Waals surface area contributed by atoms with Gasteiger partial charge in [-0.3, -0.25) is 0 Å². The minimum Gasteiger partial charge on any atom is -0.389 e. The van der Waals surface area contributed by atoms with Gasteiger partial charge in [-0.05, 0) is 12.8 Å². The van der Waals surface area contributed by atoms with Crippen LogP contribution in [0.4, 0.5) is 0 Å². The fourth-order valence-electron chi connectivity index (χ4n) is 3.86. The first-order chi connectivity index (χ1) is 12.7. The summed E-state index contributed by atoms with van der Waals surface area (Å²) < 4.78 is 0. The van der Waals surface area contributed by atoms with Crippen LogP contribution in [0.25, 0.3) is 0 Å². The highest BCUT2D eigenvalue weighted by atomic mass is 16.3. The number of aliphatic hydroxyl groups is 1. The molecule has 0 aliphatic rings. The third-order valence-electron chi connectivity index (χ3n) is 5.87. The summed E-state index contributed by atoms with van der Waals surface area (Å²) >= 11 is 0. The molecule has 0 aromatic heterocycles. The van der Waals surface area contributed by atoms with E-state index in [1.54, 1.807) is 0 Å². The zero-order valence-corrected chi connectivity index (χ0v) is 18.4. The number of rotatable bonds is 21. The van der Waals surface area contributed by atoms with Crippen LogP contribution in [-0.4, -0.2) is 17.3 Å². The zero-order chi connectivity index (χ0) is 19.3. The van der Waals surface area contributed by atoms with Crippen molar-refractivity contribution in [2.24, 2.45) is 5.73 Å². The summed E-state index contributed by atoms with van der Waals surface area (Å²) in [5.41, 5.74) is 5.28. The highest BCUT2D eigenvalue weighted by molar-refractivity contribution is 4.79. The quantitative estimate of drug-likeness (QED) is 0.205. The van der Waals surface area contributed by atoms with E-state index in [-0.39, 0.29) is 0 Å². The van der Waals surface area contributed by atoms with Crippen LogP contribution in [0.5, 0.6) is 0 Å². The van der Waals surface area contributed by atoms with Crippen molar-refractivity contribution in [3.05, 3.63) is 0 Å². The van der Waals surface area contributed by atoms with Gasteiger partial charge in [-0.2, -0.15) is 0 Å². The first-order valence-corrected chi connectivity index (χ1v) is 12.1. The Labute approximate surface area is 165 Å². The van der Waals surface area contributed by atoms with Gasteiger partial charge in [-0.25, -0.2) is 0 Å². The second-order valence-electron chi connectivity index (χ2n) is 8.59. The first kappa shape index (κ1) is 25.9. The summed E-state index contributed by atoms with van der Waals surface area (Å²) in [6.07, 6.45) is 25.8. The van der Waals surface area contributed by atoms with Crippen LogP contribution in [0.15, 0.2) is 0 Å². The maximum atomic E-state index is 10.7. The minimum atomic E-state index is -0.595. The molecule has 1 atom stereocenters. The lowest BCUT2D eigenvalue weighted by atomic mass is 9.89. The Kier molecular flexibility index (Phi) is 19.6. The molecule has 3 N–H and O–H groups in total. The number of nitrogens with two attached hydrogens (primary N) is 1. The van der Waals surface area contributed by atoms with E-state index < -0.39 is 5.60 Å². The van der Waals surface area contributed by atoms with Gasteiger partial charge in [0.1, 0.15) is 0 Å². The van der Waals surface area contributed by atoms with Gasteiger partial charge in [-0.15, -0.1) is 0 Å². The van der Waals surface area contributed by atoms with Gasteiger partial charge in [0.05, 0.1) is 5.60 Å². The molecule has 0 rings (SSSR count). The highest BCUT2D eigenvalue weighted by Gasteiger charge is 2.23. The van der Waals surface area contributed by atoms with Crippen molar-refractivity contribution in [1.82, 2.24) is 0 Å². The van der Waals surface area contributed by atoms with Crippen LogP contribution < -0.4 is 5.73 Å². The molecule has 0 aliphatic heterocycles. The van der Waals surface area contributed by atoms with E-state index in [0.29, 0.717) is 6.54 Å². The molecule has 2 heteroatoms. The van der Waals surface area contributed by atoms with E-state index in [1.807, 2.05) is 0 Å². The van der Waals surface area contributed by atoms with Crippen LogP contribution in [0.2, 0.25) is 0 Å². The highest BCUT2D eigenvalue weighted by Crippen LogP contribution is 2.22. The largest absolute Gasteiger partial charge is 0.389 e. The average molecular weight is 370 g/mol. The van der Waals surface area contributed by atoms with Crippen molar-refractivity contribution in [3.63, 3.8) is 0 Å². The van der Waals surface area contributed by atoms with E-state index in [2.05, 4.69) is 13.8 Å². The molecule has 0 bridgehead atoms. The van der Waals surface area contributed by atoms with E-state index in [1.165, 1.54) is 103 Å². The Morgan fingerprint density at radius 3 is 1.04 bits per heavy atom. The van der Waals surface area contributed by atoms with E-state index >= 15 is 0 Å². The zero-order valence-electron chi connectivity index (χ0n) is 18.4. The summed E-state index contributed by atoms with van der Waals surface area (Å²) in [5, 5.41) is 10.7. The Morgan fingerprint density at radius 1 is 0.500 bits per heavy atom. The van der Waals surface area contributed by atoms with Crippen LogP contribution in [0.1, 0.15) is 142 Å². The van der Waals surface area contributed by atoms with E-state index in [4.69, 9.17) is 5.73 Å². The topological polar surface area (TPSA) is 46.2 Å². The van der Waals surface area contributed by atoms with E-state index in [9.17, 15) is 5.11 Å². The Balaban J connectivity index is 3.48. The Bertz CT molecular complexity index is 269. The van der Waals surface area contributed by atoms with Crippen molar-refractivity contribution >= 4 is 0 Å².